The Morgan fingerprint density at radius 3 is 2.76 bits per heavy atom. The molecule has 2 amide bonds. The van der Waals surface area contributed by atoms with Crippen molar-refractivity contribution in [1.82, 2.24) is 9.88 Å². The molecule has 2 aliphatic heterocycles. The van der Waals surface area contributed by atoms with Crippen molar-refractivity contribution < 1.29 is 9.53 Å². The predicted octanol–water partition coefficient (Wildman–Crippen LogP) is 3.64. The molecule has 0 spiro atoms. The molecule has 1 N–H and O–H groups in total. The van der Waals surface area contributed by atoms with Gasteiger partial charge in [0.2, 0.25) is 0 Å². The summed E-state index contributed by atoms with van der Waals surface area (Å²) >= 11 is 0. The van der Waals surface area contributed by atoms with E-state index >= 15 is 0 Å². The van der Waals surface area contributed by atoms with Gasteiger partial charge in [-0.1, -0.05) is 18.2 Å². The number of anilines is 1. The van der Waals surface area contributed by atoms with Gasteiger partial charge in [0, 0.05) is 44.3 Å². The summed E-state index contributed by atoms with van der Waals surface area (Å²) in [6, 6.07) is 11.8. The highest BCUT2D eigenvalue weighted by Crippen LogP contribution is 2.31. The van der Waals surface area contributed by atoms with E-state index in [1.54, 1.807) is 12.4 Å². The fourth-order valence-electron chi connectivity index (χ4n) is 3.85. The van der Waals surface area contributed by atoms with Crippen molar-refractivity contribution in [2.45, 2.75) is 12.8 Å². The number of nitrogens with one attached hydrogen (secondary N) is 1. The van der Waals surface area contributed by atoms with Crippen molar-refractivity contribution in [3.63, 3.8) is 0 Å². The Morgan fingerprint density at radius 2 is 1.96 bits per heavy atom. The van der Waals surface area contributed by atoms with Crippen LogP contribution in [0.15, 0.2) is 48.8 Å². The van der Waals surface area contributed by atoms with Gasteiger partial charge in [-0.2, -0.15) is 0 Å². The maximum Gasteiger partial charge on any atom is 0.321 e. The summed E-state index contributed by atoms with van der Waals surface area (Å²) in [5, 5.41) is 3.10. The van der Waals surface area contributed by atoms with Crippen LogP contribution in [0.2, 0.25) is 0 Å². The van der Waals surface area contributed by atoms with E-state index in [4.69, 9.17) is 4.74 Å². The lowest BCUT2D eigenvalue weighted by Crippen LogP contribution is -2.34. The summed E-state index contributed by atoms with van der Waals surface area (Å²) in [5.74, 6) is 1.19. The third kappa shape index (κ3) is 3.51. The van der Waals surface area contributed by atoms with Gasteiger partial charge >= 0.3 is 6.03 Å². The summed E-state index contributed by atoms with van der Waals surface area (Å²) in [4.78, 5) is 18.7. The summed E-state index contributed by atoms with van der Waals surface area (Å²) in [7, 11) is 0. The first-order valence-corrected chi connectivity index (χ1v) is 8.94. The molecule has 25 heavy (non-hydrogen) atoms. The van der Waals surface area contributed by atoms with E-state index in [2.05, 4.69) is 10.3 Å². The summed E-state index contributed by atoms with van der Waals surface area (Å²) < 4.78 is 5.50. The highest BCUT2D eigenvalue weighted by atomic mass is 16.5. The predicted molar refractivity (Wildman–Crippen MR) is 97.3 cm³/mol. The molecule has 2 atom stereocenters. The van der Waals surface area contributed by atoms with Gasteiger partial charge in [-0.15, -0.1) is 0 Å². The van der Waals surface area contributed by atoms with Crippen LogP contribution in [0.3, 0.4) is 0 Å². The van der Waals surface area contributed by atoms with Gasteiger partial charge in [0.15, 0.2) is 0 Å². The van der Waals surface area contributed by atoms with Crippen LogP contribution in [-0.2, 0) is 4.74 Å². The van der Waals surface area contributed by atoms with Gasteiger partial charge in [-0.3, -0.25) is 4.98 Å². The summed E-state index contributed by atoms with van der Waals surface area (Å²) in [5.41, 5.74) is 2.90. The van der Waals surface area contributed by atoms with Gasteiger partial charge < -0.3 is 15.0 Å². The maximum absolute atomic E-state index is 12.7. The Morgan fingerprint density at radius 1 is 1.12 bits per heavy atom. The molecule has 130 valence electrons. The molecule has 5 heteroatoms. The molecule has 0 aliphatic carbocycles. The van der Waals surface area contributed by atoms with Crippen molar-refractivity contribution in [3.8, 4) is 11.1 Å². The minimum atomic E-state index is -0.0112. The zero-order valence-electron chi connectivity index (χ0n) is 14.2. The number of ether oxygens (including phenoxy) is 1. The number of likely N-dealkylation sites (tertiary alicyclic amines) is 1. The molecule has 2 fully saturated rings. The van der Waals surface area contributed by atoms with E-state index in [9.17, 15) is 4.79 Å². The molecule has 4 rings (SSSR count). The maximum atomic E-state index is 12.7. The molecule has 1 aromatic carbocycles. The topological polar surface area (TPSA) is 54.5 Å². The lowest BCUT2D eigenvalue weighted by atomic mass is 9.91. The molecule has 2 aromatic rings. The molecule has 1 aromatic heterocycles. The molecular formula is C20H23N3O2. The first kappa shape index (κ1) is 16.1. The number of hydrogen-bond donors (Lipinski definition) is 1. The van der Waals surface area contributed by atoms with Crippen LogP contribution in [0.25, 0.3) is 11.1 Å². The number of urea groups is 1. The molecule has 2 saturated heterocycles. The van der Waals surface area contributed by atoms with Gasteiger partial charge in [0.1, 0.15) is 0 Å². The summed E-state index contributed by atoms with van der Waals surface area (Å²) in [6.07, 6.45) is 5.74. The first-order chi connectivity index (χ1) is 12.3. The number of aromatic nitrogens is 1. The monoisotopic (exact) mass is 337 g/mol. The Kier molecular flexibility index (Phi) is 4.65. The number of rotatable bonds is 3. The second-order valence-corrected chi connectivity index (χ2v) is 6.83. The number of hydrogen-bond acceptors (Lipinski definition) is 3. The zero-order valence-corrected chi connectivity index (χ0v) is 14.2. The number of carbonyl (C=O) groups excluding carboxylic acids is 1. The Hall–Kier alpha value is -2.40. The average molecular weight is 337 g/mol. The standard InChI is InChI=1S/C20H23N3O2/c24-20(23-11-7-16(13-23)17-8-12-25-14-17)22-19-4-2-1-3-18(19)15-5-9-21-10-6-15/h1-6,9-10,16-17H,7-8,11-14H2,(H,22,24)/t16-,17-/m0/s1. The van der Waals surface area contributed by atoms with Crippen LogP contribution in [0.4, 0.5) is 10.5 Å². The van der Waals surface area contributed by atoms with E-state index in [0.717, 1.165) is 56.0 Å². The minimum absolute atomic E-state index is 0.0112. The smallest absolute Gasteiger partial charge is 0.321 e. The third-order valence-electron chi connectivity index (χ3n) is 5.30. The van der Waals surface area contributed by atoms with Crippen LogP contribution >= 0.6 is 0 Å². The highest BCUT2D eigenvalue weighted by Gasteiger charge is 2.33. The van der Waals surface area contributed by atoms with E-state index in [1.165, 1.54) is 0 Å². The van der Waals surface area contributed by atoms with Gasteiger partial charge in [0.05, 0.1) is 5.69 Å². The van der Waals surface area contributed by atoms with E-state index in [0.29, 0.717) is 11.8 Å². The van der Waals surface area contributed by atoms with Crippen LogP contribution < -0.4 is 5.32 Å². The van der Waals surface area contributed by atoms with Crippen LogP contribution in [-0.4, -0.2) is 42.2 Å². The van der Waals surface area contributed by atoms with Gasteiger partial charge in [-0.05, 0) is 48.4 Å². The van der Waals surface area contributed by atoms with Crippen LogP contribution in [0, 0.1) is 11.8 Å². The number of nitrogens with zero attached hydrogens (tertiary/aromatic N) is 2. The SMILES string of the molecule is O=C(Nc1ccccc1-c1ccncc1)N1CC[C@H]([C@H]2CCOC2)C1. The lowest BCUT2D eigenvalue weighted by molar-refractivity contribution is 0.171. The second kappa shape index (κ2) is 7.23. The van der Waals surface area contributed by atoms with Crippen molar-refractivity contribution in [2.75, 3.05) is 31.6 Å². The van der Waals surface area contributed by atoms with E-state index < -0.39 is 0 Å². The van der Waals surface area contributed by atoms with Crippen molar-refractivity contribution >= 4 is 11.7 Å². The van der Waals surface area contributed by atoms with Crippen LogP contribution in [0.1, 0.15) is 12.8 Å². The molecule has 0 unspecified atom stereocenters. The van der Waals surface area contributed by atoms with Crippen molar-refractivity contribution in [2.24, 2.45) is 11.8 Å². The summed E-state index contributed by atoms with van der Waals surface area (Å²) in [6.45, 7) is 3.37. The highest BCUT2D eigenvalue weighted by molar-refractivity contribution is 5.94. The largest absolute Gasteiger partial charge is 0.381 e. The fourth-order valence-corrected chi connectivity index (χ4v) is 3.85. The fraction of sp³-hybridized carbons (Fsp3) is 0.400. The molecule has 0 radical (unpaired) electrons. The lowest BCUT2D eigenvalue weighted by Gasteiger charge is -2.20. The second-order valence-electron chi connectivity index (χ2n) is 6.83. The molecule has 5 nitrogen and oxygen atoms in total. The molecule has 0 saturated carbocycles. The van der Waals surface area contributed by atoms with E-state index in [1.807, 2.05) is 41.3 Å². The zero-order chi connectivity index (χ0) is 17.1. The minimum Gasteiger partial charge on any atom is -0.381 e. The number of benzene rings is 1. The number of amides is 2. The van der Waals surface area contributed by atoms with Crippen molar-refractivity contribution in [1.29, 1.82) is 0 Å². The molecule has 0 bridgehead atoms. The van der Waals surface area contributed by atoms with E-state index in [-0.39, 0.29) is 6.03 Å². The van der Waals surface area contributed by atoms with Crippen LogP contribution in [0.5, 0.6) is 0 Å². The van der Waals surface area contributed by atoms with Crippen molar-refractivity contribution in [3.05, 3.63) is 48.8 Å². The normalized spacial score (nSPS) is 23.0. The molecule has 2 aliphatic rings. The molecular weight excluding hydrogens is 314 g/mol. The Labute approximate surface area is 148 Å². The quantitative estimate of drug-likeness (QED) is 0.930. The molecule has 3 heterocycles. The number of para-hydroxylation sites is 1. The Balaban J connectivity index is 1.45. The third-order valence-corrected chi connectivity index (χ3v) is 5.30. The number of pyridine rings is 1. The first-order valence-electron chi connectivity index (χ1n) is 8.94. The average Bonchev–Trinajstić information content (AvgIpc) is 3.34. The van der Waals surface area contributed by atoms with Gasteiger partial charge in [0.25, 0.3) is 0 Å². The van der Waals surface area contributed by atoms with Gasteiger partial charge in [-0.25, -0.2) is 4.79 Å². The Bertz CT molecular complexity index is 729. The number of carbonyl (C=O) groups is 1.